The molecule has 2 N–H and O–H groups in total. The van der Waals surface area contributed by atoms with E-state index >= 15 is 0 Å². The Morgan fingerprint density at radius 2 is 1.67 bits per heavy atom. The highest BCUT2D eigenvalue weighted by Crippen LogP contribution is 2.25. The Kier molecular flexibility index (Phi) is 5.41. The van der Waals surface area contributed by atoms with Crippen LogP contribution in [-0.4, -0.2) is 59.0 Å². The molecule has 2 aromatic heterocycles. The third-order valence-corrected chi connectivity index (χ3v) is 6.73. The van der Waals surface area contributed by atoms with Gasteiger partial charge in [-0.2, -0.15) is 0 Å². The lowest BCUT2D eigenvalue weighted by atomic mass is 10.1. The predicted molar refractivity (Wildman–Crippen MR) is 141 cm³/mol. The minimum absolute atomic E-state index is 0.00992. The number of aromatic nitrogens is 3. The largest absolute Gasteiger partial charge is 0.497 e. The van der Waals surface area contributed by atoms with Gasteiger partial charge in [-0.15, -0.1) is 0 Å². The number of anilines is 1. The number of benzene rings is 3. The quantitative estimate of drug-likeness (QED) is 0.406. The van der Waals surface area contributed by atoms with Crippen LogP contribution in [0.5, 0.6) is 5.75 Å². The summed E-state index contributed by atoms with van der Waals surface area (Å²) in [6, 6.07) is 22.9. The van der Waals surface area contributed by atoms with Crippen LogP contribution >= 0.6 is 0 Å². The molecule has 0 saturated carbocycles. The highest BCUT2D eigenvalue weighted by Gasteiger charge is 2.23. The van der Waals surface area contributed by atoms with Crippen LogP contribution in [0.25, 0.3) is 33.3 Å². The number of hydrogen-bond acceptors (Lipinski definition) is 5. The molecule has 36 heavy (non-hydrogen) atoms. The lowest BCUT2D eigenvalue weighted by Crippen LogP contribution is -2.48. The molecule has 0 radical (unpaired) electrons. The number of ether oxygens (including phenoxy) is 1. The first-order chi connectivity index (χ1) is 17.6. The van der Waals surface area contributed by atoms with Crippen LogP contribution in [0.1, 0.15) is 10.4 Å². The smallest absolute Gasteiger partial charge is 0.276 e. The van der Waals surface area contributed by atoms with Gasteiger partial charge in [-0.25, -0.2) is 4.98 Å². The molecule has 8 heteroatoms. The van der Waals surface area contributed by atoms with Crippen molar-refractivity contribution in [3.05, 3.63) is 88.7 Å². The average Bonchev–Trinajstić information content (AvgIpc) is 3.35. The van der Waals surface area contributed by atoms with E-state index in [0.717, 1.165) is 40.9 Å². The van der Waals surface area contributed by atoms with E-state index in [2.05, 4.69) is 19.9 Å². The third kappa shape index (κ3) is 3.96. The molecule has 0 unspecified atom stereocenters. The highest BCUT2D eigenvalue weighted by molar-refractivity contribution is 5.99. The summed E-state index contributed by atoms with van der Waals surface area (Å²) in [5.74, 6) is 0.840. The van der Waals surface area contributed by atoms with Gasteiger partial charge in [0.15, 0.2) is 5.69 Å². The van der Waals surface area contributed by atoms with Gasteiger partial charge in [0.05, 0.1) is 23.8 Å². The molecule has 0 aliphatic carbocycles. The van der Waals surface area contributed by atoms with Crippen LogP contribution in [0.3, 0.4) is 0 Å². The summed E-state index contributed by atoms with van der Waals surface area (Å²) in [7, 11) is 1.66. The number of fused-ring (bicyclic) bond motifs is 2. The summed E-state index contributed by atoms with van der Waals surface area (Å²) in [5.41, 5.74) is 4.71. The Bertz CT molecular complexity index is 1630. The number of H-pyrrole nitrogens is 2. The van der Waals surface area contributed by atoms with Crippen LogP contribution in [0.4, 0.5) is 5.69 Å². The normalized spacial score (nSPS) is 13.9. The van der Waals surface area contributed by atoms with E-state index in [0.29, 0.717) is 35.6 Å². The fraction of sp³-hybridized carbons (Fsp3) is 0.179. The summed E-state index contributed by atoms with van der Waals surface area (Å²) in [6.45, 7) is 2.84. The lowest BCUT2D eigenvalue weighted by molar-refractivity contribution is 0.0747. The van der Waals surface area contributed by atoms with Crippen molar-refractivity contribution in [1.29, 1.82) is 0 Å². The Labute approximate surface area is 207 Å². The summed E-state index contributed by atoms with van der Waals surface area (Å²) >= 11 is 0. The molecule has 1 saturated heterocycles. The van der Waals surface area contributed by atoms with Crippen molar-refractivity contribution in [2.45, 2.75) is 0 Å². The maximum Gasteiger partial charge on any atom is 0.276 e. The minimum atomic E-state index is -0.258. The monoisotopic (exact) mass is 479 g/mol. The van der Waals surface area contributed by atoms with Gasteiger partial charge < -0.3 is 24.5 Å². The SMILES string of the molecule is COc1ccc(N2CCN(C(=O)c3ccc4[nH]c(-c5nc6ccccc6[nH]c5=O)cc4c3)CC2)cc1. The second-order valence-corrected chi connectivity index (χ2v) is 8.89. The summed E-state index contributed by atoms with van der Waals surface area (Å²) in [6.07, 6.45) is 0. The number of piperazine rings is 1. The molecular formula is C28H25N5O3. The minimum Gasteiger partial charge on any atom is -0.497 e. The number of carbonyl (C=O) groups is 1. The fourth-order valence-electron chi connectivity index (χ4n) is 4.75. The second-order valence-electron chi connectivity index (χ2n) is 8.89. The van der Waals surface area contributed by atoms with Crippen molar-refractivity contribution in [3.63, 3.8) is 0 Å². The van der Waals surface area contributed by atoms with Crippen molar-refractivity contribution in [2.75, 3.05) is 38.2 Å². The zero-order valence-corrected chi connectivity index (χ0v) is 19.8. The van der Waals surface area contributed by atoms with Crippen LogP contribution in [0, 0.1) is 0 Å². The number of amides is 1. The van der Waals surface area contributed by atoms with Crippen molar-refractivity contribution < 1.29 is 9.53 Å². The van der Waals surface area contributed by atoms with Crippen molar-refractivity contribution in [2.24, 2.45) is 0 Å². The van der Waals surface area contributed by atoms with Gasteiger partial charge in [0.25, 0.3) is 11.5 Å². The second kappa shape index (κ2) is 8.88. The van der Waals surface area contributed by atoms with Gasteiger partial charge >= 0.3 is 0 Å². The molecule has 0 atom stereocenters. The van der Waals surface area contributed by atoms with Crippen molar-refractivity contribution in [1.82, 2.24) is 19.9 Å². The van der Waals surface area contributed by atoms with Crippen LogP contribution in [0.2, 0.25) is 0 Å². The first-order valence-corrected chi connectivity index (χ1v) is 11.9. The van der Waals surface area contributed by atoms with E-state index in [1.807, 2.05) is 77.7 Å². The molecule has 1 amide bonds. The van der Waals surface area contributed by atoms with Crippen molar-refractivity contribution >= 4 is 33.5 Å². The Morgan fingerprint density at radius 3 is 2.44 bits per heavy atom. The predicted octanol–water partition coefficient (Wildman–Crippen LogP) is 4.04. The number of aromatic amines is 2. The molecule has 3 heterocycles. The molecule has 1 aliphatic heterocycles. The van der Waals surface area contributed by atoms with E-state index in [1.165, 1.54) is 0 Å². The number of nitrogens with zero attached hydrogens (tertiary/aromatic N) is 3. The lowest BCUT2D eigenvalue weighted by Gasteiger charge is -2.36. The van der Waals surface area contributed by atoms with E-state index in [1.54, 1.807) is 7.11 Å². The molecule has 6 rings (SSSR count). The number of rotatable bonds is 4. The standard InChI is InChI=1S/C28H25N5O3/c1-36-21-9-7-20(8-10-21)32-12-14-33(15-13-32)28(35)18-6-11-22-19(16-18)17-25(29-22)26-27(34)31-24-5-3-2-4-23(24)30-26/h2-11,16-17,29H,12-15H2,1H3,(H,31,34). The van der Waals surface area contributed by atoms with Gasteiger partial charge in [0.2, 0.25) is 0 Å². The van der Waals surface area contributed by atoms with E-state index < -0.39 is 0 Å². The molecule has 5 aromatic rings. The van der Waals surface area contributed by atoms with Gasteiger partial charge in [-0.3, -0.25) is 9.59 Å². The molecule has 1 fully saturated rings. The van der Waals surface area contributed by atoms with E-state index in [9.17, 15) is 9.59 Å². The maximum atomic E-state index is 13.3. The average molecular weight is 480 g/mol. The van der Waals surface area contributed by atoms with E-state index in [4.69, 9.17) is 4.74 Å². The molecule has 180 valence electrons. The third-order valence-electron chi connectivity index (χ3n) is 6.73. The first kappa shape index (κ1) is 21.9. The summed E-state index contributed by atoms with van der Waals surface area (Å²) in [5, 5.41) is 0.863. The summed E-state index contributed by atoms with van der Waals surface area (Å²) < 4.78 is 5.24. The van der Waals surface area contributed by atoms with Gasteiger partial charge in [-0.05, 0) is 60.7 Å². The highest BCUT2D eigenvalue weighted by atomic mass is 16.5. The molecule has 8 nitrogen and oxygen atoms in total. The molecule has 0 spiro atoms. The fourth-order valence-corrected chi connectivity index (χ4v) is 4.75. The van der Waals surface area contributed by atoms with Crippen LogP contribution < -0.4 is 15.2 Å². The first-order valence-electron chi connectivity index (χ1n) is 11.9. The zero-order valence-electron chi connectivity index (χ0n) is 19.8. The number of hydrogen-bond donors (Lipinski definition) is 2. The number of para-hydroxylation sites is 2. The number of carbonyl (C=O) groups excluding carboxylic acids is 1. The summed E-state index contributed by atoms with van der Waals surface area (Å²) in [4.78, 5) is 40.8. The number of methoxy groups -OCH3 is 1. The molecule has 0 bridgehead atoms. The zero-order chi connectivity index (χ0) is 24.6. The van der Waals surface area contributed by atoms with Crippen LogP contribution in [-0.2, 0) is 0 Å². The van der Waals surface area contributed by atoms with Crippen LogP contribution in [0.15, 0.2) is 77.6 Å². The molecule has 3 aromatic carbocycles. The van der Waals surface area contributed by atoms with Gasteiger partial charge in [0, 0.05) is 48.3 Å². The molecular weight excluding hydrogens is 454 g/mol. The Hall–Kier alpha value is -4.59. The van der Waals surface area contributed by atoms with Crippen molar-refractivity contribution in [3.8, 4) is 17.1 Å². The van der Waals surface area contributed by atoms with E-state index in [-0.39, 0.29) is 11.5 Å². The van der Waals surface area contributed by atoms with Gasteiger partial charge in [0.1, 0.15) is 5.75 Å². The topological polar surface area (TPSA) is 94.3 Å². The number of nitrogens with one attached hydrogen (secondary N) is 2. The van der Waals surface area contributed by atoms with Gasteiger partial charge in [-0.1, -0.05) is 12.1 Å². The maximum absolute atomic E-state index is 13.3. The Morgan fingerprint density at radius 1 is 0.889 bits per heavy atom. The molecule has 1 aliphatic rings. The Balaban J connectivity index is 1.20.